The van der Waals surface area contributed by atoms with Crippen LogP contribution in [0.4, 0.5) is 8.78 Å². The van der Waals surface area contributed by atoms with Crippen LogP contribution in [0.25, 0.3) is 0 Å². The third-order valence-corrected chi connectivity index (χ3v) is 2.85. The summed E-state index contributed by atoms with van der Waals surface area (Å²) >= 11 is 0. The molecule has 0 fully saturated rings. The maximum atomic E-state index is 13.4. The van der Waals surface area contributed by atoms with E-state index in [1.165, 1.54) is 6.07 Å². The Hall–Kier alpha value is -1.04. The Labute approximate surface area is 119 Å². The van der Waals surface area contributed by atoms with Crippen molar-refractivity contribution in [3.05, 3.63) is 35.4 Å². The summed E-state index contributed by atoms with van der Waals surface area (Å²) in [4.78, 5) is 0. The molecule has 0 aliphatic rings. The molecule has 0 spiro atoms. The van der Waals surface area contributed by atoms with Gasteiger partial charge in [0.05, 0.1) is 6.04 Å². The summed E-state index contributed by atoms with van der Waals surface area (Å²) in [5.41, 5.74) is 0.615. The Morgan fingerprint density at radius 3 is 2.20 bits per heavy atom. The second-order valence-electron chi connectivity index (χ2n) is 4.38. The molecule has 0 bridgehead atoms. The van der Waals surface area contributed by atoms with Crippen molar-refractivity contribution in [2.75, 3.05) is 19.8 Å². The summed E-state index contributed by atoms with van der Waals surface area (Å²) < 4.78 is 37.6. The molecule has 1 rings (SSSR count). The van der Waals surface area contributed by atoms with E-state index in [1.54, 1.807) is 6.07 Å². The van der Waals surface area contributed by atoms with Crippen LogP contribution in [0.5, 0.6) is 0 Å². The van der Waals surface area contributed by atoms with Gasteiger partial charge in [-0.1, -0.05) is 13.0 Å². The number of ether oxygens (including phenoxy) is 2. The van der Waals surface area contributed by atoms with Crippen molar-refractivity contribution in [2.24, 2.45) is 0 Å². The summed E-state index contributed by atoms with van der Waals surface area (Å²) in [6.45, 7) is 7.48. The van der Waals surface area contributed by atoms with Crippen LogP contribution in [-0.2, 0) is 9.47 Å². The van der Waals surface area contributed by atoms with Crippen LogP contribution in [0.1, 0.15) is 38.8 Å². The first-order chi connectivity index (χ1) is 9.63. The quantitative estimate of drug-likeness (QED) is 0.706. The third-order valence-electron chi connectivity index (χ3n) is 2.85. The fourth-order valence-electron chi connectivity index (χ4n) is 1.95. The van der Waals surface area contributed by atoms with Crippen molar-refractivity contribution < 1.29 is 18.3 Å². The van der Waals surface area contributed by atoms with Crippen LogP contribution >= 0.6 is 0 Å². The molecule has 0 aromatic heterocycles. The van der Waals surface area contributed by atoms with Gasteiger partial charge in [-0.2, -0.15) is 0 Å². The average Bonchev–Trinajstić information content (AvgIpc) is 2.43. The van der Waals surface area contributed by atoms with Crippen LogP contribution in [-0.4, -0.2) is 26.0 Å². The minimum atomic E-state index is -0.863. The van der Waals surface area contributed by atoms with E-state index in [1.807, 2.05) is 20.8 Å². The molecule has 1 aromatic carbocycles. The Balaban J connectivity index is 2.98. The monoisotopic (exact) mass is 287 g/mol. The van der Waals surface area contributed by atoms with Gasteiger partial charge in [-0.3, -0.25) is 0 Å². The minimum Gasteiger partial charge on any atom is -0.351 e. The third kappa shape index (κ3) is 4.81. The normalized spacial score (nSPS) is 12.9. The molecule has 0 aliphatic carbocycles. The van der Waals surface area contributed by atoms with Gasteiger partial charge >= 0.3 is 0 Å². The fourth-order valence-corrected chi connectivity index (χ4v) is 1.95. The highest BCUT2D eigenvalue weighted by atomic mass is 19.2. The van der Waals surface area contributed by atoms with Gasteiger partial charge in [0, 0.05) is 13.2 Å². The van der Waals surface area contributed by atoms with Crippen molar-refractivity contribution in [3.63, 3.8) is 0 Å². The maximum Gasteiger partial charge on any atom is 0.176 e. The van der Waals surface area contributed by atoms with E-state index < -0.39 is 17.9 Å². The lowest BCUT2D eigenvalue weighted by Gasteiger charge is -2.28. The fraction of sp³-hybridized carbons (Fsp3) is 0.600. The first kappa shape index (κ1) is 17.0. The van der Waals surface area contributed by atoms with Crippen molar-refractivity contribution in [3.8, 4) is 0 Å². The number of hydrogen-bond donors (Lipinski definition) is 1. The zero-order valence-corrected chi connectivity index (χ0v) is 12.3. The number of halogens is 2. The zero-order chi connectivity index (χ0) is 15.0. The molecule has 0 radical (unpaired) electrons. The molecule has 1 N–H and O–H groups in total. The Morgan fingerprint density at radius 1 is 1.05 bits per heavy atom. The highest BCUT2D eigenvalue weighted by Crippen LogP contribution is 2.22. The lowest BCUT2D eigenvalue weighted by atomic mass is 10.1. The molecule has 114 valence electrons. The molecule has 0 amide bonds. The second kappa shape index (κ2) is 9.00. The van der Waals surface area contributed by atoms with Crippen LogP contribution in [0.3, 0.4) is 0 Å². The lowest BCUT2D eigenvalue weighted by Crippen LogP contribution is -2.36. The van der Waals surface area contributed by atoms with Crippen LogP contribution < -0.4 is 5.32 Å². The second-order valence-corrected chi connectivity index (χ2v) is 4.38. The van der Waals surface area contributed by atoms with E-state index in [2.05, 4.69) is 5.32 Å². The van der Waals surface area contributed by atoms with E-state index in [9.17, 15) is 8.78 Å². The predicted molar refractivity (Wildman–Crippen MR) is 74.4 cm³/mol. The summed E-state index contributed by atoms with van der Waals surface area (Å²) in [6.07, 6.45) is 0.395. The van der Waals surface area contributed by atoms with Gasteiger partial charge in [0.2, 0.25) is 0 Å². The number of hydrogen-bond acceptors (Lipinski definition) is 3. The van der Waals surface area contributed by atoms with Crippen molar-refractivity contribution in [2.45, 2.75) is 39.5 Å². The molecule has 0 heterocycles. The Morgan fingerprint density at radius 2 is 1.70 bits per heavy atom. The molecule has 1 atom stereocenters. The van der Waals surface area contributed by atoms with Crippen LogP contribution in [0, 0.1) is 11.6 Å². The van der Waals surface area contributed by atoms with E-state index in [0.717, 1.165) is 19.0 Å². The maximum absolute atomic E-state index is 13.4. The Kier molecular flexibility index (Phi) is 7.65. The van der Waals surface area contributed by atoms with E-state index in [4.69, 9.17) is 9.47 Å². The molecular formula is C15H23F2NO2. The van der Waals surface area contributed by atoms with Crippen molar-refractivity contribution >= 4 is 0 Å². The molecule has 0 saturated heterocycles. The predicted octanol–water partition coefficient (Wildman–Crippen LogP) is 3.40. The first-order valence-corrected chi connectivity index (χ1v) is 7.05. The summed E-state index contributed by atoms with van der Waals surface area (Å²) in [7, 11) is 0. The lowest BCUT2D eigenvalue weighted by molar-refractivity contribution is -0.155. The molecule has 5 heteroatoms. The van der Waals surface area contributed by atoms with Crippen LogP contribution in [0.2, 0.25) is 0 Å². The SMILES string of the molecule is CCCNC(c1ccc(F)c(F)c1)C(OCC)OCC. The van der Waals surface area contributed by atoms with Crippen molar-refractivity contribution in [1.82, 2.24) is 5.32 Å². The summed E-state index contributed by atoms with van der Waals surface area (Å²) in [6, 6.07) is 3.54. The smallest absolute Gasteiger partial charge is 0.176 e. The molecule has 1 aromatic rings. The first-order valence-electron chi connectivity index (χ1n) is 7.05. The number of benzene rings is 1. The minimum absolute atomic E-state index is 0.329. The molecular weight excluding hydrogens is 264 g/mol. The summed E-state index contributed by atoms with van der Waals surface area (Å²) in [5, 5.41) is 3.26. The largest absolute Gasteiger partial charge is 0.351 e. The molecule has 20 heavy (non-hydrogen) atoms. The highest BCUT2D eigenvalue weighted by molar-refractivity contribution is 5.22. The zero-order valence-electron chi connectivity index (χ0n) is 12.3. The van der Waals surface area contributed by atoms with Gasteiger partial charge in [-0.05, 0) is 44.5 Å². The van der Waals surface area contributed by atoms with Gasteiger partial charge in [-0.25, -0.2) is 8.78 Å². The average molecular weight is 287 g/mol. The standard InChI is InChI=1S/C15H23F2NO2/c1-4-9-18-14(15(19-5-2)20-6-3)11-7-8-12(16)13(17)10-11/h7-8,10,14-15,18H,4-6,9H2,1-3H3. The number of nitrogens with one attached hydrogen (secondary N) is 1. The molecule has 3 nitrogen and oxygen atoms in total. The van der Waals surface area contributed by atoms with E-state index in [-0.39, 0.29) is 6.04 Å². The summed E-state index contributed by atoms with van der Waals surface area (Å²) in [5.74, 6) is -1.72. The molecule has 0 aliphatic heterocycles. The van der Waals surface area contributed by atoms with E-state index in [0.29, 0.717) is 18.8 Å². The van der Waals surface area contributed by atoms with Gasteiger partial charge in [0.25, 0.3) is 0 Å². The van der Waals surface area contributed by atoms with Crippen molar-refractivity contribution in [1.29, 1.82) is 0 Å². The number of rotatable bonds is 9. The highest BCUT2D eigenvalue weighted by Gasteiger charge is 2.24. The van der Waals surface area contributed by atoms with Gasteiger partial charge < -0.3 is 14.8 Å². The van der Waals surface area contributed by atoms with Crippen LogP contribution in [0.15, 0.2) is 18.2 Å². The van der Waals surface area contributed by atoms with Gasteiger partial charge in [-0.15, -0.1) is 0 Å². The molecule has 1 unspecified atom stereocenters. The molecule has 0 saturated carbocycles. The van der Waals surface area contributed by atoms with E-state index >= 15 is 0 Å². The van der Waals surface area contributed by atoms with Gasteiger partial charge in [0.1, 0.15) is 0 Å². The van der Waals surface area contributed by atoms with Gasteiger partial charge in [0.15, 0.2) is 17.9 Å². The Bertz CT molecular complexity index is 395. The topological polar surface area (TPSA) is 30.5 Å².